The molecule has 2 fully saturated rings. The number of hydrogen-bond acceptors (Lipinski definition) is 3. The van der Waals surface area contributed by atoms with Gasteiger partial charge >= 0.3 is 5.97 Å². The first-order chi connectivity index (χ1) is 14.7. The summed E-state index contributed by atoms with van der Waals surface area (Å²) in [6.45, 7) is 7.59. The van der Waals surface area contributed by atoms with Crippen molar-refractivity contribution in [3.63, 3.8) is 0 Å². The first-order valence-electron chi connectivity index (χ1n) is 10.7. The highest BCUT2D eigenvalue weighted by Crippen LogP contribution is 2.43. The summed E-state index contributed by atoms with van der Waals surface area (Å²) in [6.07, 6.45) is 2.09. The number of rotatable bonds is 6. The highest BCUT2D eigenvalue weighted by Gasteiger charge is 2.31. The average Bonchev–Trinajstić information content (AvgIpc) is 3.52. The van der Waals surface area contributed by atoms with Gasteiger partial charge in [0.15, 0.2) is 0 Å². The first-order valence-corrected chi connectivity index (χ1v) is 11.5. The lowest BCUT2D eigenvalue weighted by Crippen LogP contribution is -2.52. The maximum atomic E-state index is 14.4. The molecule has 4 rings (SSSR count). The topological polar surface area (TPSA) is 43.8 Å². The van der Waals surface area contributed by atoms with Crippen molar-refractivity contribution in [3.05, 3.63) is 68.4 Å². The zero-order valence-corrected chi connectivity index (χ0v) is 21.7. The van der Waals surface area contributed by atoms with Gasteiger partial charge in [-0.2, -0.15) is 0 Å². The second-order valence-electron chi connectivity index (χ2n) is 8.81. The highest BCUT2D eigenvalue weighted by molar-refractivity contribution is 6.34. The van der Waals surface area contributed by atoms with Gasteiger partial charge in [0.05, 0.1) is 5.56 Å². The Morgan fingerprint density at radius 2 is 1.76 bits per heavy atom. The van der Waals surface area contributed by atoms with E-state index >= 15 is 0 Å². The lowest BCUT2D eigenvalue weighted by molar-refractivity contribution is 0.0503. The van der Waals surface area contributed by atoms with Gasteiger partial charge in [-0.1, -0.05) is 23.2 Å². The Morgan fingerprint density at radius 3 is 2.30 bits per heavy atom. The molecule has 9 heteroatoms. The zero-order chi connectivity index (χ0) is 22.3. The predicted molar refractivity (Wildman–Crippen MR) is 136 cm³/mol. The third-order valence-electron chi connectivity index (χ3n) is 6.50. The van der Waals surface area contributed by atoms with Gasteiger partial charge in [0, 0.05) is 48.3 Å². The largest absolute Gasteiger partial charge is 0.478 e. The van der Waals surface area contributed by atoms with E-state index in [9.17, 15) is 14.3 Å². The van der Waals surface area contributed by atoms with Crippen molar-refractivity contribution in [1.82, 2.24) is 9.80 Å². The molecule has 4 nitrogen and oxygen atoms in total. The maximum Gasteiger partial charge on any atom is 0.338 e. The predicted octanol–water partition coefficient (Wildman–Crippen LogP) is 6.82. The summed E-state index contributed by atoms with van der Waals surface area (Å²) in [5.41, 5.74) is 2.79. The van der Waals surface area contributed by atoms with E-state index in [1.807, 2.05) is 12.1 Å². The van der Waals surface area contributed by atoms with Crippen LogP contribution in [0.25, 0.3) is 0 Å². The van der Waals surface area contributed by atoms with Crippen molar-refractivity contribution in [2.75, 3.05) is 19.6 Å². The van der Waals surface area contributed by atoms with Crippen LogP contribution in [0.15, 0.2) is 30.3 Å². The quantitative estimate of drug-likeness (QED) is 0.439. The number of piperazine rings is 1. The Balaban J connectivity index is 0.00000193. The van der Waals surface area contributed by atoms with E-state index in [-0.39, 0.29) is 36.4 Å². The maximum absolute atomic E-state index is 14.4. The number of halogens is 5. The number of carboxylic acid groups (broad SMARTS) is 1. The van der Waals surface area contributed by atoms with Crippen LogP contribution in [0.1, 0.15) is 65.7 Å². The Morgan fingerprint density at radius 1 is 1.12 bits per heavy atom. The summed E-state index contributed by atoms with van der Waals surface area (Å²) in [5, 5.41) is 10.6. The van der Waals surface area contributed by atoms with Crippen molar-refractivity contribution in [1.29, 1.82) is 0 Å². The second kappa shape index (κ2) is 11.6. The molecule has 1 saturated carbocycles. The molecule has 1 saturated heterocycles. The molecule has 1 aliphatic carbocycles. The van der Waals surface area contributed by atoms with Gasteiger partial charge in [-0.3, -0.25) is 9.80 Å². The molecule has 1 N–H and O–H groups in total. The summed E-state index contributed by atoms with van der Waals surface area (Å²) in [5.74, 6) is -1.49. The molecule has 0 amide bonds. The minimum atomic E-state index is -1.21. The summed E-state index contributed by atoms with van der Waals surface area (Å²) >= 11 is 12.4. The average molecular weight is 538 g/mol. The van der Waals surface area contributed by atoms with E-state index in [0.29, 0.717) is 28.5 Å². The Kier molecular flexibility index (Phi) is 9.87. The monoisotopic (exact) mass is 536 g/mol. The summed E-state index contributed by atoms with van der Waals surface area (Å²) in [7, 11) is 0. The minimum absolute atomic E-state index is 0. The molecule has 0 spiro atoms. The summed E-state index contributed by atoms with van der Waals surface area (Å²) in [6, 6.07) is 9.14. The van der Waals surface area contributed by atoms with Crippen LogP contribution in [0.2, 0.25) is 10.0 Å². The van der Waals surface area contributed by atoms with Crippen molar-refractivity contribution >= 4 is 54.0 Å². The molecular formula is C24H29Cl4FN2O2. The molecule has 1 unspecified atom stereocenters. The van der Waals surface area contributed by atoms with Crippen LogP contribution in [0.5, 0.6) is 0 Å². The number of hydrogen-bond donors (Lipinski definition) is 1. The van der Waals surface area contributed by atoms with Crippen molar-refractivity contribution in [3.8, 4) is 0 Å². The van der Waals surface area contributed by atoms with E-state index in [1.165, 1.54) is 6.07 Å². The lowest BCUT2D eigenvalue weighted by Gasteiger charge is -2.43. The molecule has 0 aromatic heterocycles. The first kappa shape index (κ1) is 28.2. The lowest BCUT2D eigenvalue weighted by atomic mass is 9.98. The fraction of sp³-hybridized carbons (Fsp3) is 0.458. The van der Waals surface area contributed by atoms with E-state index in [4.69, 9.17) is 23.2 Å². The van der Waals surface area contributed by atoms with E-state index in [1.54, 1.807) is 12.1 Å². The van der Waals surface area contributed by atoms with Crippen LogP contribution in [0.4, 0.5) is 4.39 Å². The normalized spacial score (nSPS) is 20.0. The standard InChI is InChI=1S/C24H27Cl2FN2O2.2ClH/c1-14-12-28(5-6-29(14)15(2)17-7-19(25)10-20(26)8-17)13-18-9-23(27)22(24(30)31)11-21(18)16-3-4-16;;/h7-11,14-16H,3-6,12-13H2,1-2H3,(H,30,31);2*1H/t14-,15?;;/m0../s1. The zero-order valence-electron chi connectivity index (χ0n) is 18.6. The molecule has 2 aliphatic rings. The molecular weight excluding hydrogens is 509 g/mol. The van der Waals surface area contributed by atoms with Gasteiger partial charge in [-0.15, -0.1) is 24.8 Å². The minimum Gasteiger partial charge on any atom is -0.478 e. The summed E-state index contributed by atoms with van der Waals surface area (Å²) in [4.78, 5) is 16.1. The Labute approximate surface area is 216 Å². The molecule has 2 atom stereocenters. The van der Waals surface area contributed by atoms with Gasteiger partial charge in [0.25, 0.3) is 0 Å². The van der Waals surface area contributed by atoms with Crippen LogP contribution >= 0.6 is 48.0 Å². The molecule has 33 heavy (non-hydrogen) atoms. The van der Waals surface area contributed by atoms with Crippen molar-refractivity contribution < 1.29 is 14.3 Å². The number of carboxylic acids is 1. The van der Waals surface area contributed by atoms with Crippen molar-refractivity contribution in [2.45, 2.75) is 51.2 Å². The second-order valence-corrected chi connectivity index (χ2v) is 9.68. The third-order valence-corrected chi connectivity index (χ3v) is 6.93. The number of nitrogens with zero attached hydrogens (tertiary/aromatic N) is 2. The fourth-order valence-electron chi connectivity index (χ4n) is 4.72. The number of aromatic carboxylic acids is 1. The van der Waals surface area contributed by atoms with Gasteiger partial charge in [0.2, 0.25) is 0 Å². The van der Waals surface area contributed by atoms with Crippen LogP contribution < -0.4 is 0 Å². The van der Waals surface area contributed by atoms with Crippen LogP contribution in [-0.2, 0) is 6.54 Å². The molecule has 2 aromatic rings. The van der Waals surface area contributed by atoms with Gasteiger partial charge < -0.3 is 5.11 Å². The Hall–Kier alpha value is -1.08. The van der Waals surface area contributed by atoms with Crippen LogP contribution in [0.3, 0.4) is 0 Å². The number of benzene rings is 2. The molecule has 0 radical (unpaired) electrons. The third kappa shape index (κ3) is 6.53. The van der Waals surface area contributed by atoms with E-state index in [2.05, 4.69) is 23.6 Å². The van der Waals surface area contributed by atoms with Gasteiger partial charge in [-0.25, -0.2) is 9.18 Å². The molecule has 182 valence electrons. The molecule has 1 heterocycles. The molecule has 2 aromatic carbocycles. The summed E-state index contributed by atoms with van der Waals surface area (Å²) < 4.78 is 14.4. The fourth-order valence-corrected chi connectivity index (χ4v) is 5.26. The van der Waals surface area contributed by atoms with Crippen LogP contribution in [0, 0.1) is 5.82 Å². The van der Waals surface area contributed by atoms with Crippen molar-refractivity contribution in [2.24, 2.45) is 0 Å². The molecule has 1 aliphatic heterocycles. The number of carbonyl (C=O) groups is 1. The van der Waals surface area contributed by atoms with Crippen LogP contribution in [-0.4, -0.2) is 46.6 Å². The van der Waals surface area contributed by atoms with E-state index in [0.717, 1.165) is 49.2 Å². The highest BCUT2D eigenvalue weighted by atomic mass is 35.5. The Bertz CT molecular complexity index is 982. The van der Waals surface area contributed by atoms with Gasteiger partial charge in [-0.05, 0) is 79.6 Å². The SMILES string of the molecule is CC(c1cc(Cl)cc(Cl)c1)N1CCN(Cc2cc(F)c(C(=O)O)cc2C2CC2)C[C@@H]1C.Cl.Cl. The van der Waals surface area contributed by atoms with Gasteiger partial charge in [0.1, 0.15) is 5.82 Å². The van der Waals surface area contributed by atoms with E-state index < -0.39 is 11.8 Å². The molecule has 0 bridgehead atoms. The smallest absolute Gasteiger partial charge is 0.338 e.